The molecule has 21 heavy (non-hydrogen) atoms. The monoisotopic (exact) mass is 284 g/mol. The summed E-state index contributed by atoms with van der Waals surface area (Å²) in [5.41, 5.74) is 3.51. The standard InChI is InChI=1S/C18H17FO2/c1-3-21-18(20)12-17(14-6-4-13(2)5-7-14)15-8-10-16(19)11-9-15/h4-12H,3H2,1-2H3/b17-12-. The van der Waals surface area contributed by atoms with E-state index in [0.29, 0.717) is 12.2 Å². The second kappa shape index (κ2) is 6.84. The van der Waals surface area contributed by atoms with E-state index in [2.05, 4.69) is 0 Å². The summed E-state index contributed by atoms with van der Waals surface area (Å²) in [7, 11) is 0. The maximum atomic E-state index is 13.1. The van der Waals surface area contributed by atoms with Gasteiger partial charge in [-0.25, -0.2) is 9.18 Å². The van der Waals surface area contributed by atoms with Gasteiger partial charge in [-0.3, -0.25) is 0 Å². The number of rotatable bonds is 4. The minimum atomic E-state index is -0.405. The van der Waals surface area contributed by atoms with Crippen LogP contribution in [0.15, 0.2) is 54.6 Å². The second-order valence-corrected chi connectivity index (χ2v) is 4.68. The van der Waals surface area contributed by atoms with Gasteiger partial charge in [-0.15, -0.1) is 0 Å². The molecule has 0 heterocycles. The lowest BCUT2D eigenvalue weighted by atomic mass is 9.97. The number of hydrogen-bond acceptors (Lipinski definition) is 2. The topological polar surface area (TPSA) is 26.3 Å². The Morgan fingerprint density at radius 3 is 2.10 bits per heavy atom. The number of hydrogen-bond donors (Lipinski definition) is 0. The fourth-order valence-electron chi connectivity index (χ4n) is 2.00. The first-order valence-corrected chi connectivity index (χ1v) is 6.81. The van der Waals surface area contributed by atoms with Crippen molar-refractivity contribution in [2.24, 2.45) is 0 Å². The molecule has 0 N–H and O–H groups in total. The van der Waals surface area contributed by atoms with Gasteiger partial charge in [0, 0.05) is 6.08 Å². The maximum absolute atomic E-state index is 13.1. The van der Waals surface area contributed by atoms with Gasteiger partial charge in [0.1, 0.15) is 5.82 Å². The third-order valence-corrected chi connectivity index (χ3v) is 3.07. The quantitative estimate of drug-likeness (QED) is 0.623. The van der Waals surface area contributed by atoms with Gasteiger partial charge in [-0.2, -0.15) is 0 Å². The Balaban J connectivity index is 2.46. The molecule has 2 aromatic rings. The molecule has 0 fully saturated rings. The summed E-state index contributed by atoms with van der Waals surface area (Å²) < 4.78 is 18.1. The number of benzene rings is 2. The predicted molar refractivity (Wildman–Crippen MR) is 81.3 cm³/mol. The van der Waals surface area contributed by atoms with Crippen molar-refractivity contribution in [2.75, 3.05) is 6.61 Å². The van der Waals surface area contributed by atoms with Crippen LogP contribution < -0.4 is 0 Å². The first-order chi connectivity index (χ1) is 10.1. The molecule has 2 nitrogen and oxygen atoms in total. The van der Waals surface area contributed by atoms with Crippen molar-refractivity contribution in [2.45, 2.75) is 13.8 Å². The van der Waals surface area contributed by atoms with E-state index in [1.54, 1.807) is 19.1 Å². The predicted octanol–water partition coefficient (Wildman–Crippen LogP) is 4.13. The molecule has 3 heteroatoms. The van der Waals surface area contributed by atoms with Crippen molar-refractivity contribution in [3.05, 3.63) is 77.1 Å². The molecule has 0 aliphatic heterocycles. The lowest BCUT2D eigenvalue weighted by molar-refractivity contribution is -0.137. The van der Waals surface area contributed by atoms with Crippen LogP contribution in [0, 0.1) is 12.7 Å². The molecule has 0 aliphatic rings. The molecule has 2 rings (SSSR count). The molecule has 0 aromatic heterocycles. The van der Waals surface area contributed by atoms with E-state index >= 15 is 0 Å². The van der Waals surface area contributed by atoms with E-state index in [1.165, 1.54) is 18.2 Å². The van der Waals surface area contributed by atoms with Crippen molar-refractivity contribution in [1.82, 2.24) is 0 Å². The molecule has 0 saturated heterocycles. The lowest BCUT2D eigenvalue weighted by Crippen LogP contribution is -2.02. The molecular weight excluding hydrogens is 267 g/mol. The van der Waals surface area contributed by atoms with Gasteiger partial charge in [0.25, 0.3) is 0 Å². The zero-order chi connectivity index (χ0) is 15.2. The zero-order valence-electron chi connectivity index (χ0n) is 12.1. The highest BCUT2D eigenvalue weighted by Gasteiger charge is 2.08. The Kier molecular flexibility index (Phi) is 4.88. The van der Waals surface area contributed by atoms with Gasteiger partial charge in [-0.1, -0.05) is 42.0 Å². The van der Waals surface area contributed by atoms with Gasteiger partial charge in [0.15, 0.2) is 0 Å². The van der Waals surface area contributed by atoms with E-state index in [1.807, 2.05) is 31.2 Å². The van der Waals surface area contributed by atoms with Gasteiger partial charge >= 0.3 is 5.97 Å². The molecule has 0 saturated carbocycles. The van der Waals surface area contributed by atoms with Gasteiger partial charge in [0.2, 0.25) is 0 Å². The third kappa shape index (κ3) is 4.02. The highest BCUT2D eigenvalue weighted by atomic mass is 19.1. The van der Waals surface area contributed by atoms with Crippen molar-refractivity contribution in [3.63, 3.8) is 0 Å². The number of ether oxygens (including phenoxy) is 1. The SMILES string of the molecule is CCOC(=O)/C=C(/c1ccc(C)cc1)c1ccc(F)cc1. The van der Waals surface area contributed by atoms with E-state index in [9.17, 15) is 9.18 Å². The molecule has 2 aromatic carbocycles. The maximum Gasteiger partial charge on any atom is 0.331 e. The molecule has 0 aliphatic carbocycles. The molecule has 0 bridgehead atoms. The van der Waals surface area contributed by atoms with Crippen LogP contribution in [0.3, 0.4) is 0 Å². The summed E-state index contributed by atoms with van der Waals surface area (Å²) in [5, 5.41) is 0. The molecule has 0 radical (unpaired) electrons. The minimum absolute atomic E-state index is 0.307. The fraction of sp³-hybridized carbons (Fsp3) is 0.167. The van der Waals surface area contributed by atoms with Crippen LogP contribution in [0.5, 0.6) is 0 Å². The summed E-state index contributed by atoms with van der Waals surface area (Å²) in [6, 6.07) is 13.9. The Bertz CT molecular complexity index is 592. The van der Waals surface area contributed by atoms with Gasteiger partial charge in [0.05, 0.1) is 6.61 Å². The normalized spacial score (nSPS) is 11.3. The van der Waals surface area contributed by atoms with Crippen molar-refractivity contribution < 1.29 is 13.9 Å². The summed E-state index contributed by atoms with van der Waals surface area (Å²) in [4.78, 5) is 11.8. The van der Waals surface area contributed by atoms with Gasteiger partial charge in [-0.05, 0) is 42.7 Å². The Morgan fingerprint density at radius 2 is 1.57 bits per heavy atom. The third-order valence-electron chi connectivity index (χ3n) is 3.07. The van der Waals surface area contributed by atoms with Crippen molar-refractivity contribution in [3.8, 4) is 0 Å². The van der Waals surface area contributed by atoms with E-state index < -0.39 is 5.97 Å². The van der Waals surface area contributed by atoms with Crippen LogP contribution in [0.25, 0.3) is 5.57 Å². The molecule has 0 amide bonds. The Morgan fingerprint density at radius 1 is 1.05 bits per heavy atom. The van der Waals surface area contributed by atoms with E-state index in [0.717, 1.165) is 16.7 Å². The van der Waals surface area contributed by atoms with E-state index in [-0.39, 0.29) is 5.82 Å². The number of carbonyl (C=O) groups is 1. The first-order valence-electron chi connectivity index (χ1n) is 6.81. The van der Waals surface area contributed by atoms with Gasteiger partial charge < -0.3 is 4.74 Å². The summed E-state index contributed by atoms with van der Waals surface area (Å²) in [5.74, 6) is -0.712. The number of esters is 1. The van der Waals surface area contributed by atoms with E-state index in [4.69, 9.17) is 4.74 Å². The second-order valence-electron chi connectivity index (χ2n) is 4.68. The summed E-state index contributed by atoms with van der Waals surface area (Å²) in [6.45, 7) is 4.07. The number of carbonyl (C=O) groups excluding carboxylic acids is 1. The molecule has 0 atom stereocenters. The van der Waals surface area contributed by atoms with Crippen molar-refractivity contribution >= 4 is 11.5 Å². The highest BCUT2D eigenvalue weighted by Crippen LogP contribution is 2.24. The average molecular weight is 284 g/mol. The molecular formula is C18H17FO2. The van der Waals surface area contributed by atoms with Crippen LogP contribution in [0.2, 0.25) is 0 Å². The summed E-state index contributed by atoms with van der Waals surface area (Å²) >= 11 is 0. The largest absolute Gasteiger partial charge is 0.463 e. The number of aryl methyl sites for hydroxylation is 1. The zero-order valence-corrected chi connectivity index (χ0v) is 12.1. The molecule has 0 unspecified atom stereocenters. The molecule has 108 valence electrons. The highest BCUT2D eigenvalue weighted by molar-refractivity contribution is 5.96. The summed E-state index contributed by atoms with van der Waals surface area (Å²) in [6.07, 6.45) is 1.45. The van der Waals surface area contributed by atoms with Crippen LogP contribution in [-0.4, -0.2) is 12.6 Å². The average Bonchev–Trinajstić information content (AvgIpc) is 2.47. The van der Waals surface area contributed by atoms with Crippen molar-refractivity contribution in [1.29, 1.82) is 0 Å². The lowest BCUT2D eigenvalue weighted by Gasteiger charge is -2.09. The Hall–Kier alpha value is -2.42. The molecule has 0 spiro atoms. The fourth-order valence-corrected chi connectivity index (χ4v) is 2.00. The van der Waals surface area contributed by atoms with Crippen LogP contribution in [0.4, 0.5) is 4.39 Å². The minimum Gasteiger partial charge on any atom is -0.463 e. The van der Waals surface area contributed by atoms with Crippen LogP contribution in [-0.2, 0) is 9.53 Å². The van der Waals surface area contributed by atoms with Crippen LogP contribution >= 0.6 is 0 Å². The van der Waals surface area contributed by atoms with Crippen LogP contribution in [0.1, 0.15) is 23.6 Å². The first kappa shape index (κ1) is 15.0. The Labute approximate surface area is 123 Å². The smallest absolute Gasteiger partial charge is 0.331 e. The number of halogens is 1.